The van der Waals surface area contributed by atoms with E-state index in [4.69, 9.17) is 4.74 Å². The van der Waals surface area contributed by atoms with Gasteiger partial charge in [0.05, 0.1) is 23.2 Å². The Morgan fingerprint density at radius 1 is 1.17 bits per heavy atom. The molecule has 0 fully saturated rings. The third-order valence-corrected chi connectivity index (χ3v) is 7.24. The number of cyclic esters (lactones) is 1. The van der Waals surface area contributed by atoms with E-state index in [9.17, 15) is 9.59 Å². The second kappa shape index (κ2) is 6.21. The summed E-state index contributed by atoms with van der Waals surface area (Å²) in [5.74, 6) is -0.247. The monoisotopic (exact) mass is 402 g/mol. The van der Waals surface area contributed by atoms with E-state index in [2.05, 4.69) is 43.4 Å². The van der Waals surface area contributed by atoms with Crippen LogP contribution < -0.4 is 10.9 Å². The molecule has 3 heterocycles. The molecule has 1 N–H and O–H groups in total. The smallest absolute Gasteiger partial charge is 0.316 e. The molecule has 30 heavy (non-hydrogen) atoms. The predicted octanol–water partition coefficient (Wildman–Crippen LogP) is 4.41. The Kier molecular flexibility index (Phi) is 3.91. The van der Waals surface area contributed by atoms with Gasteiger partial charge >= 0.3 is 5.97 Å². The molecule has 0 spiro atoms. The van der Waals surface area contributed by atoms with Gasteiger partial charge in [0.25, 0.3) is 5.56 Å². The van der Waals surface area contributed by atoms with Gasteiger partial charge < -0.3 is 14.6 Å². The van der Waals surface area contributed by atoms with Gasteiger partial charge in [0.1, 0.15) is 6.61 Å². The lowest BCUT2D eigenvalue weighted by Crippen LogP contribution is -2.42. The number of nitrogens with zero attached hydrogens (tertiary/aromatic N) is 1. The number of anilines is 1. The second-order valence-electron chi connectivity index (χ2n) is 8.75. The van der Waals surface area contributed by atoms with Crippen molar-refractivity contribution >= 4 is 22.4 Å². The number of fused-ring (bicyclic) bond motifs is 5. The Morgan fingerprint density at radius 2 is 1.93 bits per heavy atom. The van der Waals surface area contributed by atoms with Crippen LogP contribution in [0.4, 0.5) is 5.69 Å². The molecule has 2 aromatic carbocycles. The van der Waals surface area contributed by atoms with Crippen LogP contribution in [0.1, 0.15) is 48.1 Å². The van der Waals surface area contributed by atoms with Gasteiger partial charge in [0.15, 0.2) is 0 Å². The molecule has 2 aliphatic heterocycles. The lowest BCUT2D eigenvalue weighted by atomic mass is 9.76. The number of hydrogen-bond donors (Lipinski definition) is 1. The zero-order valence-corrected chi connectivity index (χ0v) is 18.1. The van der Waals surface area contributed by atoms with Crippen LogP contribution in [-0.4, -0.2) is 17.6 Å². The summed E-state index contributed by atoms with van der Waals surface area (Å²) in [6.07, 6.45) is 0.594. The SMILES string of the molecule is CCC1(C)C(=O)OCc2c1cc1n(c2=O)Cc2cc3c(NC)c(C)c(C)cc3cc2-1. The minimum atomic E-state index is -0.783. The molecule has 0 aliphatic carbocycles. The summed E-state index contributed by atoms with van der Waals surface area (Å²) >= 11 is 0. The average Bonchev–Trinajstić information content (AvgIpc) is 3.09. The van der Waals surface area contributed by atoms with Gasteiger partial charge in [-0.25, -0.2) is 0 Å². The molecule has 5 rings (SSSR count). The average molecular weight is 402 g/mol. The Balaban J connectivity index is 1.80. The topological polar surface area (TPSA) is 60.3 Å². The van der Waals surface area contributed by atoms with Crippen LogP contribution in [0.3, 0.4) is 0 Å². The predicted molar refractivity (Wildman–Crippen MR) is 119 cm³/mol. The number of aromatic nitrogens is 1. The van der Waals surface area contributed by atoms with E-state index in [1.807, 2.05) is 25.5 Å². The van der Waals surface area contributed by atoms with Crippen molar-refractivity contribution in [3.63, 3.8) is 0 Å². The molecular weight excluding hydrogens is 376 g/mol. The molecule has 0 radical (unpaired) electrons. The summed E-state index contributed by atoms with van der Waals surface area (Å²) in [5.41, 5.74) is 7.31. The fourth-order valence-corrected chi connectivity index (χ4v) is 5.04. The molecule has 0 saturated heterocycles. The number of aryl methyl sites for hydroxylation is 1. The third-order valence-electron chi connectivity index (χ3n) is 7.24. The molecule has 0 bridgehead atoms. The van der Waals surface area contributed by atoms with Crippen molar-refractivity contribution in [2.75, 3.05) is 12.4 Å². The Bertz CT molecular complexity index is 1320. The molecule has 3 aromatic rings. The van der Waals surface area contributed by atoms with Gasteiger partial charge in [0, 0.05) is 23.7 Å². The lowest BCUT2D eigenvalue weighted by molar-refractivity contribution is -0.153. The molecule has 1 unspecified atom stereocenters. The van der Waals surface area contributed by atoms with Crippen molar-refractivity contribution in [2.24, 2.45) is 0 Å². The van der Waals surface area contributed by atoms with E-state index in [0.29, 0.717) is 18.5 Å². The maximum absolute atomic E-state index is 13.4. The third kappa shape index (κ3) is 2.29. The highest BCUT2D eigenvalue weighted by molar-refractivity contribution is 6.00. The van der Waals surface area contributed by atoms with Crippen LogP contribution in [0.2, 0.25) is 0 Å². The second-order valence-corrected chi connectivity index (χ2v) is 8.75. The first-order valence-corrected chi connectivity index (χ1v) is 10.5. The molecule has 0 amide bonds. The van der Waals surface area contributed by atoms with Gasteiger partial charge in [0.2, 0.25) is 0 Å². The molecule has 2 aliphatic rings. The fourth-order valence-electron chi connectivity index (χ4n) is 5.04. The van der Waals surface area contributed by atoms with E-state index >= 15 is 0 Å². The Labute approximate surface area is 175 Å². The fraction of sp³-hybridized carbons (Fsp3) is 0.360. The molecule has 5 heteroatoms. The maximum Gasteiger partial charge on any atom is 0.316 e. The summed E-state index contributed by atoms with van der Waals surface area (Å²) in [4.78, 5) is 25.9. The number of carbonyl (C=O) groups is 1. The van der Waals surface area contributed by atoms with Crippen molar-refractivity contribution < 1.29 is 9.53 Å². The number of pyridine rings is 1. The number of hydrogen-bond acceptors (Lipinski definition) is 4. The highest BCUT2D eigenvalue weighted by Gasteiger charge is 2.42. The number of esters is 1. The summed E-state index contributed by atoms with van der Waals surface area (Å²) in [6, 6.07) is 8.65. The Morgan fingerprint density at radius 3 is 2.63 bits per heavy atom. The van der Waals surface area contributed by atoms with Crippen molar-refractivity contribution in [1.82, 2.24) is 4.57 Å². The van der Waals surface area contributed by atoms with E-state index in [1.165, 1.54) is 16.5 Å². The standard InChI is InChI=1S/C25H26N2O3/c1-6-25(4)20-10-21-17-8-15-7-13(2)14(3)22(26-5)18(15)9-16(17)11-27(21)23(28)19(20)12-30-24(25)29/h7-10,26H,6,11-12H2,1-5H3. The quantitative estimate of drug-likeness (QED) is 0.505. The molecule has 1 atom stereocenters. The summed E-state index contributed by atoms with van der Waals surface area (Å²) in [6.45, 7) is 8.70. The molecule has 0 saturated carbocycles. The molecule has 5 nitrogen and oxygen atoms in total. The Hall–Kier alpha value is -3.08. The van der Waals surface area contributed by atoms with Crippen LogP contribution in [0.5, 0.6) is 0 Å². The number of ether oxygens (including phenoxy) is 1. The highest BCUT2D eigenvalue weighted by Crippen LogP contribution is 2.42. The first kappa shape index (κ1) is 18.9. The molecule has 1 aromatic heterocycles. The van der Waals surface area contributed by atoms with Crippen LogP contribution in [0.15, 0.2) is 29.1 Å². The minimum Gasteiger partial charge on any atom is -0.460 e. The van der Waals surface area contributed by atoms with E-state index in [-0.39, 0.29) is 18.1 Å². The zero-order chi connectivity index (χ0) is 21.4. The van der Waals surface area contributed by atoms with Crippen LogP contribution in [-0.2, 0) is 28.1 Å². The largest absolute Gasteiger partial charge is 0.460 e. The number of rotatable bonds is 2. The number of carbonyl (C=O) groups excluding carboxylic acids is 1. The van der Waals surface area contributed by atoms with Crippen LogP contribution in [0, 0.1) is 13.8 Å². The maximum atomic E-state index is 13.4. The van der Waals surface area contributed by atoms with E-state index in [1.54, 1.807) is 0 Å². The van der Waals surface area contributed by atoms with Crippen LogP contribution >= 0.6 is 0 Å². The van der Waals surface area contributed by atoms with Crippen LogP contribution in [0.25, 0.3) is 22.0 Å². The zero-order valence-electron chi connectivity index (χ0n) is 18.1. The normalized spacial score (nSPS) is 19.3. The van der Waals surface area contributed by atoms with Gasteiger partial charge in [-0.3, -0.25) is 9.59 Å². The van der Waals surface area contributed by atoms with Crippen molar-refractivity contribution in [1.29, 1.82) is 0 Å². The van der Waals surface area contributed by atoms with E-state index in [0.717, 1.165) is 33.5 Å². The first-order chi connectivity index (χ1) is 14.3. The van der Waals surface area contributed by atoms with E-state index < -0.39 is 5.41 Å². The van der Waals surface area contributed by atoms with Crippen molar-refractivity contribution in [3.05, 3.63) is 62.4 Å². The molecular formula is C25H26N2O3. The summed E-state index contributed by atoms with van der Waals surface area (Å²) < 4.78 is 7.22. The molecule has 154 valence electrons. The van der Waals surface area contributed by atoms with Gasteiger partial charge in [-0.2, -0.15) is 0 Å². The number of nitrogens with one attached hydrogen (secondary N) is 1. The van der Waals surface area contributed by atoms with Crippen molar-refractivity contribution in [3.8, 4) is 11.3 Å². The highest BCUT2D eigenvalue weighted by atomic mass is 16.5. The lowest BCUT2D eigenvalue weighted by Gasteiger charge is -2.33. The van der Waals surface area contributed by atoms with Gasteiger partial charge in [-0.05, 0) is 73.0 Å². The summed E-state index contributed by atoms with van der Waals surface area (Å²) in [7, 11) is 1.95. The van der Waals surface area contributed by atoms with Gasteiger partial charge in [-0.15, -0.1) is 0 Å². The van der Waals surface area contributed by atoms with Crippen molar-refractivity contribution in [2.45, 2.75) is 52.7 Å². The minimum absolute atomic E-state index is 0.0452. The first-order valence-electron chi connectivity index (χ1n) is 10.5. The summed E-state index contributed by atoms with van der Waals surface area (Å²) in [5, 5.41) is 5.67. The number of benzene rings is 2. The van der Waals surface area contributed by atoms with Gasteiger partial charge in [-0.1, -0.05) is 13.0 Å².